The van der Waals surface area contributed by atoms with Gasteiger partial charge in [0.2, 0.25) is 0 Å². The van der Waals surface area contributed by atoms with Crippen molar-refractivity contribution in [2.24, 2.45) is 0 Å². The van der Waals surface area contributed by atoms with E-state index in [0.29, 0.717) is 12.1 Å². The molecule has 4 heteroatoms. The zero-order valence-electron chi connectivity index (χ0n) is 11.8. The highest BCUT2D eigenvalue weighted by Gasteiger charge is 2.17. The van der Waals surface area contributed by atoms with Crippen LogP contribution in [0.3, 0.4) is 0 Å². The number of hydrogen-bond donors (Lipinski definition) is 2. The van der Waals surface area contributed by atoms with Crippen molar-refractivity contribution in [1.29, 1.82) is 0 Å². The molecular formula is C15H26N4. The zero-order valence-corrected chi connectivity index (χ0v) is 11.8. The summed E-state index contributed by atoms with van der Waals surface area (Å²) in [7, 11) is 0. The van der Waals surface area contributed by atoms with E-state index in [-0.39, 0.29) is 0 Å². The van der Waals surface area contributed by atoms with E-state index < -0.39 is 0 Å². The van der Waals surface area contributed by atoms with Crippen molar-refractivity contribution in [2.75, 3.05) is 18.4 Å². The van der Waals surface area contributed by atoms with Crippen LogP contribution in [0.2, 0.25) is 0 Å². The van der Waals surface area contributed by atoms with Gasteiger partial charge < -0.3 is 10.6 Å². The highest BCUT2D eigenvalue weighted by Crippen LogP contribution is 2.23. The summed E-state index contributed by atoms with van der Waals surface area (Å²) in [6.45, 7) is 2.24. The van der Waals surface area contributed by atoms with E-state index in [9.17, 15) is 0 Å². The smallest absolute Gasteiger partial charge is 0.0728 e. The maximum absolute atomic E-state index is 4.56. The first-order valence-corrected chi connectivity index (χ1v) is 7.93. The van der Waals surface area contributed by atoms with Crippen LogP contribution in [0, 0.1) is 0 Å². The fourth-order valence-electron chi connectivity index (χ4n) is 3.34. The minimum absolute atomic E-state index is 0.589. The van der Waals surface area contributed by atoms with Crippen molar-refractivity contribution in [2.45, 2.75) is 63.5 Å². The Kier molecular flexibility index (Phi) is 4.38. The Morgan fingerprint density at radius 3 is 2.53 bits per heavy atom. The van der Waals surface area contributed by atoms with Crippen LogP contribution >= 0.6 is 0 Å². The summed E-state index contributed by atoms with van der Waals surface area (Å²) in [5.41, 5.74) is 1.21. The van der Waals surface area contributed by atoms with Crippen LogP contribution in [-0.2, 0) is 0 Å². The predicted molar refractivity (Wildman–Crippen MR) is 78.5 cm³/mol. The third kappa shape index (κ3) is 3.50. The summed E-state index contributed by atoms with van der Waals surface area (Å²) in [6, 6.07) is 1.25. The second kappa shape index (κ2) is 6.42. The fourth-order valence-corrected chi connectivity index (χ4v) is 3.34. The van der Waals surface area contributed by atoms with Gasteiger partial charge in [-0.1, -0.05) is 25.7 Å². The molecule has 2 fully saturated rings. The highest BCUT2D eigenvalue weighted by atomic mass is 15.3. The van der Waals surface area contributed by atoms with Gasteiger partial charge in [-0.2, -0.15) is 5.10 Å². The number of nitrogens with zero attached hydrogens (tertiary/aromatic N) is 2. The van der Waals surface area contributed by atoms with Crippen LogP contribution in [-0.4, -0.2) is 28.9 Å². The van der Waals surface area contributed by atoms with Crippen LogP contribution in [0.25, 0.3) is 0 Å². The summed E-state index contributed by atoms with van der Waals surface area (Å²) in [5, 5.41) is 11.6. The Bertz CT molecular complexity index is 373. The van der Waals surface area contributed by atoms with Gasteiger partial charge in [0, 0.05) is 12.2 Å². The van der Waals surface area contributed by atoms with Crippen LogP contribution < -0.4 is 10.6 Å². The maximum atomic E-state index is 4.56. The fraction of sp³-hybridized carbons (Fsp3) is 0.800. The Morgan fingerprint density at radius 2 is 1.79 bits per heavy atom. The Morgan fingerprint density at radius 1 is 1.05 bits per heavy atom. The third-order valence-electron chi connectivity index (χ3n) is 4.51. The van der Waals surface area contributed by atoms with E-state index in [1.165, 1.54) is 57.1 Å². The molecule has 1 saturated carbocycles. The first-order chi connectivity index (χ1) is 9.42. The van der Waals surface area contributed by atoms with Crippen LogP contribution in [0.4, 0.5) is 5.69 Å². The minimum atomic E-state index is 0.589. The molecule has 1 aromatic heterocycles. The molecular weight excluding hydrogens is 236 g/mol. The van der Waals surface area contributed by atoms with Crippen molar-refractivity contribution < 1.29 is 0 Å². The second-order valence-electron chi connectivity index (χ2n) is 6.02. The van der Waals surface area contributed by atoms with Gasteiger partial charge >= 0.3 is 0 Å². The first-order valence-electron chi connectivity index (χ1n) is 7.93. The molecule has 4 nitrogen and oxygen atoms in total. The number of hydrogen-bond acceptors (Lipinski definition) is 3. The van der Waals surface area contributed by atoms with Gasteiger partial charge in [0.25, 0.3) is 0 Å². The molecule has 0 amide bonds. The van der Waals surface area contributed by atoms with Crippen molar-refractivity contribution in [3.63, 3.8) is 0 Å². The average Bonchev–Trinajstić information content (AvgIpc) is 2.76. The van der Waals surface area contributed by atoms with E-state index in [4.69, 9.17) is 0 Å². The number of anilines is 1. The maximum Gasteiger partial charge on any atom is 0.0728 e. The molecule has 0 aromatic carbocycles. The zero-order chi connectivity index (χ0) is 12.9. The third-order valence-corrected chi connectivity index (χ3v) is 4.51. The molecule has 19 heavy (non-hydrogen) atoms. The monoisotopic (exact) mass is 262 g/mol. The molecule has 0 radical (unpaired) electrons. The van der Waals surface area contributed by atoms with Crippen molar-refractivity contribution in [3.05, 3.63) is 12.4 Å². The normalized spacial score (nSPS) is 23.2. The van der Waals surface area contributed by atoms with Gasteiger partial charge in [0.05, 0.1) is 17.9 Å². The van der Waals surface area contributed by atoms with Gasteiger partial charge in [0.15, 0.2) is 0 Å². The molecule has 1 aliphatic heterocycles. The van der Waals surface area contributed by atoms with Crippen molar-refractivity contribution >= 4 is 5.69 Å². The predicted octanol–water partition coefficient (Wildman–Crippen LogP) is 2.94. The Labute approximate surface area is 116 Å². The second-order valence-corrected chi connectivity index (χ2v) is 6.02. The standard InChI is InChI=1S/C15H26N4/c1-2-4-6-13(5-3-1)18-14-11-17-19(12-14)15-7-9-16-10-8-15/h11-13,15-16,18H,1-10H2. The molecule has 2 aliphatic rings. The molecule has 106 valence electrons. The molecule has 0 atom stereocenters. The lowest BCUT2D eigenvalue weighted by atomic mass is 10.1. The van der Waals surface area contributed by atoms with E-state index >= 15 is 0 Å². The largest absolute Gasteiger partial charge is 0.380 e. The average molecular weight is 262 g/mol. The quantitative estimate of drug-likeness (QED) is 0.823. The topological polar surface area (TPSA) is 41.9 Å². The molecule has 3 rings (SSSR count). The lowest BCUT2D eigenvalue weighted by molar-refractivity contribution is 0.343. The van der Waals surface area contributed by atoms with Gasteiger partial charge in [-0.3, -0.25) is 4.68 Å². The molecule has 1 saturated heterocycles. The van der Waals surface area contributed by atoms with Crippen LogP contribution in [0.15, 0.2) is 12.4 Å². The van der Waals surface area contributed by atoms with Crippen molar-refractivity contribution in [3.8, 4) is 0 Å². The number of aromatic nitrogens is 2. The molecule has 2 heterocycles. The molecule has 0 spiro atoms. The summed E-state index contributed by atoms with van der Waals surface area (Å²) >= 11 is 0. The molecule has 0 unspecified atom stereocenters. The summed E-state index contributed by atoms with van der Waals surface area (Å²) in [5.74, 6) is 0. The van der Waals surface area contributed by atoms with Gasteiger partial charge in [-0.05, 0) is 38.8 Å². The van der Waals surface area contributed by atoms with Gasteiger partial charge in [0.1, 0.15) is 0 Å². The van der Waals surface area contributed by atoms with Gasteiger partial charge in [-0.25, -0.2) is 0 Å². The summed E-state index contributed by atoms with van der Waals surface area (Å²) in [6.07, 6.45) is 14.8. The van der Waals surface area contributed by atoms with Crippen LogP contribution in [0.5, 0.6) is 0 Å². The molecule has 1 aromatic rings. The molecule has 0 bridgehead atoms. The number of nitrogens with one attached hydrogen (secondary N) is 2. The lowest BCUT2D eigenvalue weighted by Crippen LogP contribution is -2.29. The lowest BCUT2D eigenvalue weighted by Gasteiger charge is -2.22. The Balaban J connectivity index is 1.57. The van der Waals surface area contributed by atoms with Crippen molar-refractivity contribution in [1.82, 2.24) is 15.1 Å². The SMILES string of the molecule is c1nn(C2CCNCC2)cc1NC1CCCCCC1. The summed E-state index contributed by atoms with van der Waals surface area (Å²) in [4.78, 5) is 0. The summed E-state index contributed by atoms with van der Waals surface area (Å²) < 4.78 is 2.17. The first kappa shape index (κ1) is 13.0. The minimum Gasteiger partial charge on any atom is -0.380 e. The van der Waals surface area contributed by atoms with E-state index in [2.05, 4.69) is 26.6 Å². The van der Waals surface area contributed by atoms with Crippen LogP contribution in [0.1, 0.15) is 57.4 Å². The van der Waals surface area contributed by atoms with Gasteiger partial charge in [-0.15, -0.1) is 0 Å². The molecule has 1 aliphatic carbocycles. The van der Waals surface area contributed by atoms with E-state index in [1.807, 2.05) is 6.20 Å². The Hall–Kier alpha value is -1.03. The highest BCUT2D eigenvalue weighted by molar-refractivity contribution is 5.39. The molecule has 2 N–H and O–H groups in total. The van der Waals surface area contributed by atoms with E-state index in [1.54, 1.807) is 0 Å². The number of rotatable bonds is 3. The van der Waals surface area contributed by atoms with E-state index in [0.717, 1.165) is 13.1 Å². The number of piperidine rings is 1.